The van der Waals surface area contributed by atoms with Gasteiger partial charge >= 0.3 is 12.1 Å². The summed E-state index contributed by atoms with van der Waals surface area (Å²) in [7, 11) is 0. The van der Waals surface area contributed by atoms with E-state index in [1.807, 2.05) is 0 Å². The second kappa shape index (κ2) is 9.11. The number of esters is 1. The fraction of sp³-hybridized carbons (Fsp3) is 0.235. The number of carbonyl (C=O) groups excluding carboxylic acids is 2. The van der Waals surface area contributed by atoms with E-state index >= 15 is 0 Å². The number of aryl methyl sites for hydroxylation is 1. The number of nitrogens with one attached hydrogen (secondary N) is 1. The number of amides is 1. The lowest BCUT2D eigenvalue weighted by atomic mass is 10.2. The number of pyridine rings is 1. The highest BCUT2D eigenvalue weighted by molar-refractivity contribution is 6.36. The van der Waals surface area contributed by atoms with Gasteiger partial charge in [0.2, 0.25) is 0 Å². The van der Waals surface area contributed by atoms with Gasteiger partial charge in [-0.1, -0.05) is 29.3 Å². The molecule has 0 saturated carbocycles. The second-order valence-electron chi connectivity index (χ2n) is 5.41. The minimum Gasteiger partial charge on any atom is -0.482 e. The Labute approximate surface area is 167 Å². The molecule has 0 bridgehead atoms. The number of alkyl halides is 3. The molecule has 0 radical (unpaired) electrons. The van der Waals surface area contributed by atoms with Crippen LogP contribution in [-0.4, -0.2) is 30.1 Å². The Bertz CT molecular complexity index is 891. The van der Waals surface area contributed by atoms with Crippen molar-refractivity contribution in [3.05, 3.63) is 51.6 Å². The average Bonchev–Trinajstić information content (AvgIpc) is 2.62. The number of halogens is 5. The van der Waals surface area contributed by atoms with E-state index in [9.17, 15) is 22.8 Å². The Balaban J connectivity index is 1.83. The van der Waals surface area contributed by atoms with Crippen molar-refractivity contribution in [3.63, 3.8) is 0 Å². The molecule has 0 spiro atoms. The van der Waals surface area contributed by atoms with Crippen LogP contribution in [0.4, 0.5) is 19.0 Å². The number of hydrogen-bond acceptors (Lipinski definition) is 5. The number of nitrogens with zero attached hydrogens (tertiary/aromatic N) is 1. The molecule has 2 aromatic rings. The lowest BCUT2D eigenvalue weighted by Gasteiger charge is -2.11. The third kappa shape index (κ3) is 6.28. The molecule has 11 heteroatoms. The highest BCUT2D eigenvalue weighted by Crippen LogP contribution is 2.31. The van der Waals surface area contributed by atoms with Gasteiger partial charge in [-0.15, -0.1) is 0 Å². The summed E-state index contributed by atoms with van der Waals surface area (Å²) < 4.78 is 47.5. The first-order chi connectivity index (χ1) is 13.1. The summed E-state index contributed by atoms with van der Waals surface area (Å²) >= 11 is 11.7. The first kappa shape index (κ1) is 21.8. The first-order valence-electron chi connectivity index (χ1n) is 7.64. The normalized spacial score (nSPS) is 11.1. The van der Waals surface area contributed by atoms with Crippen molar-refractivity contribution >= 4 is 40.9 Å². The third-order valence-corrected chi connectivity index (χ3v) is 3.92. The molecule has 0 unspecified atom stereocenters. The Morgan fingerprint density at radius 3 is 2.54 bits per heavy atom. The lowest BCUT2D eigenvalue weighted by Crippen LogP contribution is -2.24. The Morgan fingerprint density at radius 1 is 1.14 bits per heavy atom. The molecule has 1 amide bonds. The summed E-state index contributed by atoms with van der Waals surface area (Å²) in [6, 6.07) is 5.41. The third-order valence-electron chi connectivity index (χ3n) is 3.24. The topological polar surface area (TPSA) is 77.5 Å². The molecule has 2 rings (SSSR count). The van der Waals surface area contributed by atoms with E-state index in [0.717, 1.165) is 18.2 Å². The van der Waals surface area contributed by atoms with Gasteiger partial charge in [-0.05, 0) is 31.2 Å². The van der Waals surface area contributed by atoms with Crippen LogP contribution in [0.15, 0.2) is 30.3 Å². The van der Waals surface area contributed by atoms with Gasteiger partial charge in [0.05, 0.1) is 21.3 Å². The van der Waals surface area contributed by atoms with E-state index in [1.165, 1.54) is 12.1 Å². The smallest absolute Gasteiger partial charge is 0.416 e. The van der Waals surface area contributed by atoms with Gasteiger partial charge in [0.1, 0.15) is 5.75 Å². The maximum absolute atomic E-state index is 12.6. The van der Waals surface area contributed by atoms with Gasteiger partial charge < -0.3 is 14.8 Å². The highest BCUT2D eigenvalue weighted by atomic mass is 35.5. The van der Waals surface area contributed by atoms with Crippen LogP contribution in [0, 0.1) is 6.92 Å². The van der Waals surface area contributed by atoms with Crippen molar-refractivity contribution < 1.29 is 32.2 Å². The Kier molecular flexibility index (Phi) is 7.09. The number of aromatic nitrogens is 1. The lowest BCUT2D eigenvalue weighted by molar-refractivity contribution is -0.149. The summed E-state index contributed by atoms with van der Waals surface area (Å²) in [4.78, 5) is 27.4. The fourth-order valence-corrected chi connectivity index (χ4v) is 2.31. The largest absolute Gasteiger partial charge is 0.482 e. The molecule has 1 aromatic heterocycles. The van der Waals surface area contributed by atoms with Gasteiger partial charge in [-0.3, -0.25) is 4.79 Å². The average molecular weight is 437 g/mol. The van der Waals surface area contributed by atoms with Crippen LogP contribution in [0.5, 0.6) is 5.75 Å². The van der Waals surface area contributed by atoms with Crippen molar-refractivity contribution in [2.24, 2.45) is 0 Å². The molecule has 0 aliphatic carbocycles. The SMILES string of the molecule is Cc1nc(NC(=O)COC(=O)COc2cccc(C(F)(F)F)c2)c(Cl)cc1Cl. The van der Waals surface area contributed by atoms with E-state index in [1.54, 1.807) is 6.92 Å². The molecule has 1 N–H and O–H groups in total. The number of rotatable bonds is 6. The molecule has 150 valence electrons. The molecule has 28 heavy (non-hydrogen) atoms. The van der Waals surface area contributed by atoms with Crippen LogP contribution in [0.25, 0.3) is 0 Å². The molecule has 1 aromatic carbocycles. The van der Waals surface area contributed by atoms with Crippen LogP contribution < -0.4 is 10.1 Å². The fourth-order valence-electron chi connectivity index (χ4n) is 1.91. The maximum Gasteiger partial charge on any atom is 0.416 e. The number of ether oxygens (including phenoxy) is 2. The molecular weight excluding hydrogens is 424 g/mol. The minimum atomic E-state index is -4.53. The van der Waals surface area contributed by atoms with Crippen LogP contribution in [-0.2, 0) is 20.5 Å². The molecule has 6 nitrogen and oxygen atoms in total. The quantitative estimate of drug-likeness (QED) is 0.683. The van der Waals surface area contributed by atoms with E-state index in [-0.39, 0.29) is 16.6 Å². The van der Waals surface area contributed by atoms with Crippen molar-refractivity contribution in [2.75, 3.05) is 18.5 Å². The molecule has 1 heterocycles. The monoisotopic (exact) mass is 436 g/mol. The minimum absolute atomic E-state index is 0.0461. The number of carbonyl (C=O) groups is 2. The van der Waals surface area contributed by atoms with Crippen molar-refractivity contribution in [2.45, 2.75) is 13.1 Å². The second-order valence-corrected chi connectivity index (χ2v) is 6.22. The molecule has 0 aliphatic heterocycles. The zero-order chi connectivity index (χ0) is 20.9. The van der Waals surface area contributed by atoms with Gasteiger partial charge in [0, 0.05) is 0 Å². The van der Waals surface area contributed by atoms with Gasteiger partial charge in [0.25, 0.3) is 5.91 Å². The Morgan fingerprint density at radius 2 is 1.86 bits per heavy atom. The Hall–Kier alpha value is -2.52. The predicted molar refractivity (Wildman–Crippen MR) is 95.5 cm³/mol. The van der Waals surface area contributed by atoms with Crippen LogP contribution in [0.2, 0.25) is 10.0 Å². The summed E-state index contributed by atoms with van der Waals surface area (Å²) in [5, 5.41) is 2.77. The van der Waals surface area contributed by atoms with E-state index in [2.05, 4.69) is 10.3 Å². The molecule has 0 fully saturated rings. The zero-order valence-corrected chi connectivity index (χ0v) is 15.8. The van der Waals surface area contributed by atoms with Crippen molar-refractivity contribution in [1.29, 1.82) is 0 Å². The zero-order valence-electron chi connectivity index (χ0n) is 14.3. The first-order valence-corrected chi connectivity index (χ1v) is 8.40. The van der Waals surface area contributed by atoms with Crippen molar-refractivity contribution in [1.82, 2.24) is 4.98 Å². The standard InChI is InChI=1S/C17H13Cl2F3N2O4/c1-9-12(18)6-13(19)16(23-9)24-14(25)7-28-15(26)8-27-11-4-2-3-10(5-11)17(20,21)22/h2-6H,7-8H2,1H3,(H,23,24,25). The van der Waals surface area contributed by atoms with Crippen LogP contribution in [0.3, 0.4) is 0 Å². The van der Waals surface area contributed by atoms with Gasteiger partial charge in [-0.2, -0.15) is 13.2 Å². The summed E-state index contributed by atoms with van der Waals surface area (Å²) in [5.74, 6) is -1.78. The summed E-state index contributed by atoms with van der Waals surface area (Å²) in [6.07, 6.45) is -4.53. The summed E-state index contributed by atoms with van der Waals surface area (Å²) in [6.45, 7) is 0.275. The predicted octanol–water partition coefficient (Wildman–Crippen LogP) is 4.28. The molecular formula is C17H13Cl2F3N2O4. The molecule has 0 aliphatic rings. The van der Waals surface area contributed by atoms with Crippen molar-refractivity contribution in [3.8, 4) is 5.75 Å². The summed E-state index contributed by atoms with van der Waals surface area (Å²) in [5.41, 5.74) is -0.478. The van der Waals surface area contributed by atoms with E-state index in [4.69, 9.17) is 32.7 Å². The van der Waals surface area contributed by atoms with Crippen LogP contribution >= 0.6 is 23.2 Å². The number of anilines is 1. The molecule has 0 saturated heterocycles. The van der Waals surface area contributed by atoms with Crippen LogP contribution in [0.1, 0.15) is 11.3 Å². The van der Waals surface area contributed by atoms with E-state index < -0.39 is 36.8 Å². The van der Waals surface area contributed by atoms with E-state index in [0.29, 0.717) is 10.7 Å². The maximum atomic E-state index is 12.6. The number of benzene rings is 1. The van der Waals surface area contributed by atoms with Gasteiger partial charge in [0.15, 0.2) is 19.0 Å². The van der Waals surface area contributed by atoms with Gasteiger partial charge in [-0.25, -0.2) is 9.78 Å². The number of hydrogen-bond donors (Lipinski definition) is 1. The molecule has 0 atom stereocenters. The highest BCUT2D eigenvalue weighted by Gasteiger charge is 2.30.